The Labute approximate surface area is 102 Å². The van der Waals surface area contributed by atoms with Crippen molar-refractivity contribution in [2.75, 3.05) is 0 Å². The molecule has 0 bridgehead atoms. The average molecular weight is 239 g/mol. The van der Waals surface area contributed by atoms with Crippen molar-refractivity contribution in [3.8, 4) is 5.82 Å². The first-order valence-corrected chi connectivity index (χ1v) is 5.39. The predicted molar refractivity (Wildman–Crippen MR) is 65.8 cm³/mol. The van der Waals surface area contributed by atoms with Gasteiger partial charge >= 0.3 is 5.97 Å². The number of hydrogen-bond acceptors (Lipinski definition) is 3. The number of benzene rings is 1. The molecule has 0 fully saturated rings. The van der Waals surface area contributed by atoms with Crippen LogP contribution >= 0.6 is 0 Å². The van der Waals surface area contributed by atoms with Gasteiger partial charge < -0.3 is 5.11 Å². The summed E-state index contributed by atoms with van der Waals surface area (Å²) >= 11 is 0. The van der Waals surface area contributed by atoms with E-state index >= 15 is 0 Å². The third-order valence-corrected chi connectivity index (χ3v) is 2.67. The second-order valence-corrected chi connectivity index (χ2v) is 3.80. The Kier molecular flexibility index (Phi) is 2.30. The third-order valence-electron chi connectivity index (χ3n) is 2.67. The van der Waals surface area contributed by atoms with Gasteiger partial charge in [0.05, 0.1) is 11.1 Å². The molecule has 0 spiro atoms. The fourth-order valence-electron chi connectivity index (χ4n) is 1.86. The summed E-state index contributed by atoms with van der Waals surface area (Å²) in [5, 5.41) is 13.9. The Morgan fingerprint density at radius 2 is 2.06 bits per heavy atom. The van der Waals surface area contributed by atoms with Gasteiger partial charge in [0.1, 0.15) is 0 Å². The molecule has 0 aliphatic carbocycles. The van der Waals surface area contributed by atoms with Crippen LogP contribution in [0.25, 0.3) is 16.7 Å². The SMILES string of the molecule is O=C(O)c1cc(-n2cccn2)nc2ccccc12. The summed E-state index contributed by atoms with van der Waals surface area (Å²) in [6.07, 6.45) is 3.35. The largest absolute Gasteiger partial charge is 0.478 e. The zero-order valence-corrected chi connectivity index (χ0v) is 9.32. The molecule has 0 aliphatic rings. The topological polar surface area (TPSA) is 68.0 Å². The van der Waals surface area contributed by atoms with E-state index in [0.717, 1.165) is 0 Å². The summed E-state index contributed by atoms with van der Waals surface area (Å²) in [6.45, 7) is 0. The lowest BCUT2D eigenvalue weighted by molar-refractivity contribution is 0.0699. The molecule has 2 aromatic heterocycles. The highest BCUT2D eigenvalue weighted by Gasteiger charge is 2.12. The van der Waals surface area contributed by atoms with Crippen LogP contribution in [0.3, 0.4) is 0 Å². The zero-order chi connectivity index (χ0) is 12.5. The maximum Gasteiger partial charge on any atom is 0.336 e. The fraction of sp³-hybridized carbons (Fsp3) is 0. The lowest BCUT2D eigenvalue weighted by Gasteiger charge is -2.06. The van der Waals surface area contributed by atoms with Crippen LogP contribution in [0, 0.1) is 0 Å². The van der Waals surface area contributed by atoms with Gasteiger partial charge in [-0.15, -0.1) is 0 Å². The minimum absolute atomic E-state index is 0.228. The molecule has 5 nitrogen and oxygen atoms in total. The molecule has 0 aliphatic heterocycles. The minimum atomic E-state index is -0.970. The number of para-hydroxylation sites is 1. The van der Waals surface area contributed by atoms with Crippen molar-refractivity contribution in [1.29, 1.82) is 0 Å². The number of carbonyl (C=O) groups is 1. The number of aromatic carboxylic acids is 1. The highest BCUT2D eigenvalue weighted by Crippen LogP contribution is 2.19. The third kappa shape index (κ3) is 1.62. The minimum Gasteiger partial charge on any atom is -0.478 e. The van der Waals surface area contributed by atoms with Gasteiger partial charge in [0.25, 0.3) is 0 Å². The van der Waals surface area contributed by atoms with Crippen LogP contribution in [0.5, 0.6) is 0 Å². The van der Waals surface area contributed by atoms with Crippen molar-refractivity contribution < 1.29 is 9.90 Å². The second-order valence-electron chi connectivity index (χ2n) is 3.80. The van der Waals surface area contributed by atoms with E-state index in [9.17, 15) is 9.90 Å². The van der Waals surface area contributed by atoms with Crippen LogP contribution in [-0.2, 0) is 0 Å². The summed E-state index contributed by atoms with van der Waals surface area (Å²) in [5.74, 6) is -0.474. The number of carboxylic acids is 1. The predicted octanol–water partition coefficient (Wildman–Crippen LogP) is 2.12. The molecule has 0 unspecified atom stereocenters. The highest BCUT2D eigenvalue weighted by atomic mass is 16.4. The summed E-state index contributed by atoms with van der Waals surface area (Å²) in [6, 6.07) is 10.4. The molecule has 0 saturated heterocycles. The molecule has 88 valence electrons. The summed E-state index contributed by atoms with van der Waals surface area (Å²) < 4.78 is 1.54. The van der Waals surface area contributed by atoms with Crippen molar-refractivity contribution in [2.45, 2.75) is 0 Å². The van der Waals surface area contributed by atoms with E-state index in [0.29, 0.717) is 16.7 Å². The van der Waals surface area contributed by atoms with Gasteiger partial charge in [-0.05, 0) is 18.2 Å². The van der Waals surface area contributed by atoms with Crippen LogP contribution in [0.4, 0.5) is 0 Å². The molecule has 0 radical (unpaired) electrons. The van der Waals surface area contributed by atoms with Crippen molar-refractivity contribution in [3.63, 3.8) is 0 Å². The van der Waals surface area contributed by atoms with E-state index in [1.165, 1.54) is 6.07 Å². The van der Waals surface area contributed by atoms with Gasteiger partial charge in [0.15, 0.2) is 5.82 Å². The quantitative estimate of drug-likeness (QED) is 0.743. The Morgan fingerprint density at radius 3 is 2.78 bits per heavy atom. The number of fused-ring (bicyclic) bond motifs is 1. The van der Waals surface area contributed by atoms with Crippen molar-refractivity contribution in [2.24, 2.45) is 0 Å². The van der Waals surface area contributed by atoms with E-state index in [2.05, 4.69) is 10.1 Å². The number of pyridine rings is 1. The molecule has 1 aromatic carbocycles. The maximum atomic E-state index is 11.3. The summed E-state index contributed by atoms with van der Waals surface area (Å²) in [4.78, 5) is 15.7. The standard InChI is InChI=1S/C13H9N3O2/c17-13(18)10-8-12(16-7-3-6-14-16)15-11-5-2-1-4-9(10)11/h1-8H,(H,17,18). The smallest absolute Gasteiger partial charge is 0.336 e. The Bertz CT molecular complexity index is 720. The molecule has 0 saturated carbocycles. The van der Waals surface area contributed by atoms with Gasteiger partial charge in [-0.2, -0.15) is 5.10 Å². The molecule has 5 heteroatoms. The Hall–Kier alpha value is -2.69. The first-order chi connectivity index (χ1) is 8.75. The molecular formula is C13H9N3O2. The fourth-order valence-corrected chi connectivity index (χ4v) is 1.86. The van der Waals surface area contributed by atoms with E-state index in [-0.39, 0.29) is 5.56 Å². The van der Waals surface area contributed by atoms with Crippen LogP contribution < -0.4 is 0 Å². The van der Waals surface area contributed by atoms with Crippen molar-refractivity contribution in [1.82, 2.24) is 14.8 Å². The molecular weight excluding hydrogens is 230 g/mol. The average Bonchev–Trinajstić information content (AvgIpc) is 2.91. The van der Waals surface area contributed by atoms with Gasteiger partial charge in [-0.1, -0.05) is 18.2 Å². The van der Waals surface area contributed by atoms with Gasteiger partial charge in [0.2, 0.25) is 0 Å². The van der Waals surface area contributed by atoms with E-state index in [4.69, 9.17) is 0 Å². The molecule has 3 aromatic rings. The number of nitrogens with zero attached hydrogens (tertiary/aromatic N) is 3. The van der Waals surface area contributed by atoms with Gasteiger partial charge in [-0.25, -0.2) is 14.5 Å². The highest BCUT2D eigenvalue weighted by molar-refractivity contribution is 6.02. The monoisotopic (exact) mass is 239 g/mol. The van der Waals surface area contributed by atoms with Gasteiger partial charge in [0, 0.05) is 17.8 Å². The Balaban J connectivity index is 2.33. The van der Waals surface area contributed by atoms with Gasteiger partial charge in [-0.3, -0.25) is 0 Å². The first kappa shape index (κ1) is 10.5. The molecule has 3 rings (SSSR count). The molecule has 1 N–H and O–H groups in total. The lowest BCUT2D eigenvalue weighted by atomic mass is 10.1. The van der Waals surface area contributed by atoms with Crippen LogP contribution in [0.1, 0.15) is 10.4 Å². The van der Waals surface area contributed by atoms with E-state index < -0.39 is 5.97 Å². The zero-order valence-electron chi connectivity index (χ0n) is 9.32. The van der Waals surface area contributed by atoms with E-state index in [1.54, 1.807) is 41.3 Å². The first-order valence-electron chi connectivity index (χ1n) is 5.39. The van der Waals surface area contributed by atoms with Crippen molar-refractivity contribution in [3.05, 3.63) is 54.4 Å². The maximum absolute atomic E-state index is 11.3. The molecule has 2 heterocycles. The number of rotatable bonds is 2. The second kappa shape index (κ2) is 3.96. The number of carboxylic acid groups (broad SMARTS) is 1. The number of hydrogen-bond donors (Lipinski definition) is 1. The lowest BCUT2D eigenvalue weighted by Crippen LogP contribution is -2.04. The Morgan fingerprint density at radius 1 is 1.22 bits per heavy atom. The van der Waals surface area contributed by atoms with E-state index in [1.807, 2.05) is 6.07 Å². The molecule has 18 heavy (non-hydrogen) atoms. The number of aromatic nitrogens is 3. The van der Waals surface area contributed by atoms with Crippen LogP contribution in [-0.4, -0.2) is 25.8 Å². The van der Waals surface area contributed by atoms with Crippen LogP contribution in [0.15, 0.2) is 48.8 Å². The molecule has 0 amide bonds. The summed E-state index contributed by atoms with van der Waals surface area (Å²) in [7, 11) is 0. The van der Waals surface area contributed by atoms with Crippen molar-refractivity contribution >= 4 is 16.9 Å². The van der Waals surface area contributed by atoms with Crippen LogP contribution in [0.2, 0.25) is 0 Å². The normalized spacial score (nSPS) is 10.7. The summed E-state index contributed by atoms with van der Waals surface area (Å²) in [5.41, 5.74) is 0.869. The molecule has 0 atom stereocenters.